The van der Waals surface area contributed by atoms with Crippen LogP contribution >= 0.6 is 0 Å². The number of carboxylic acid groups (broad SMARTS) is 1. The number of nitrogens with zero attached hydrogens (tertiary/aromatic N) is 6. The zero-order valence-corrected chi connectivity index (χ0v) is 22.1. The molecule has 0 amide bonds. The molecule has 0 unspecified atom stereocenters. The van der Waals surface area contributed by atoms with E-state index in [9.17, 15) is 9.59 Å². The fraction of sp³-hybridized carbons (Fsp3) is 0.600. The van der Waals surface area contributed by atoms with Gasteiger partial charge in [-0.3, -0.25) is 0 Å². The molecule has 4 rings (SSSR count). The topological polar surface area (TPSA) is 159 Å². The molecule has 34 heavy (non-hydrogen) atoms. The van der Waals surface area contributed by atoms with Crippen molar-refractivity contribution in [2.45, 2.75) is 6.92 Å². The maximum Gasteiger partial charge on any atom is 1.00 e. The molecule has 2 fully saturated rings. The summed E-state index contributed by atoms with van der Waals surface area (Å²) in [5.74, 6) is -1.48. The van der Waals surface area contributed by atoms with Crippen LogP contribution in [0.4, 0.5) is 12.0 Å². The molecule has 2 N–H and O–H groups in total. The first-order valence-electron chi connectivity index (χ1n) is 10.6. The minimum absolute atomic E-state index is 0. The Hall–Kier alpha value is -2.16. The summed E-state index contributed by atoms with van der Waals surface area (Å²) >= 11 is 0. The summed E-state index contributed by atoms with van der Waals surface area (Å²) in [7, 11) is 4.13. The maximum absolute atomic E-state index is 11.4. The van der Waals surface area contributed by atoms with E-state index in [1.54, 1.807) is 6.92 Å². The van der Waals surface area contributed by atoms with Gasteiger partial charge in [-0.05, 0) is 21.0 Å². The molecule has 4 heterocycles. The third-order valence-electron chi connectivity index (χ3n) is 5.22. The van der Waals surface area contributed by atoms with Gasteiger partial charge in [0.05, 0.1) is 19.0 Å². The molecule has 0 spiro atoms. The number of esters is 1. The van der Waals surface area contributed by atoms with Gasteiger partial charge in [0.1, 0.15) is 0 Å². The van der Waals surface area contributed by atoms with Crippen molar-refractivity contribution in [3.8, 4) is 0 Å². The molecule has 2 saturated heterocycles. The Morgan fingerprint density at radius 3 is 1.68 bits per heavy atom. The first-order valence-corrected chi connectivity index (χ1v) is 10.6. The molecule has 0 atom stereocenters. The number of carboxylic acids is 1. The molecule has 184 valence electrons. The second kappa shape index (κ2) is 14.3. The van der Waals surface area contributed by atoms with Crippen LogP contribution in [0.2, 0.25) is 0 Å². The number of likely N-dealkylation sites (N-methyl/N-ethyl adjacent to an activating group) is 2. The normalized spacial score (nSPS) is 16.6. The van der Waals surface area contributed by atoms with E-state index in [0.717, 1.165) is 52.4 Å². The van der Waals surface area contributed by atoms with Crippen LogP contribution in [-0.2, 0) is 4.74 Å². The summed E-state index contributed by atoms with van der Waals surface area (Å²) in [6, 6.07) is 0.904. The van der Waals surface area contributed by atoms with Gasteiger partial charge in [-0.15, -0.1) is 0 Å². The Morgan fingerprint density at radius 1 is 0.882 bits per heavy atom. The molecular weight excluding hydrogens is 459 g/mol. The first-order chi connectivity index (χ1) is 15.4. The second-order valence-corrected chi connectivity index (χ2v) is 7.62. The molecule has 2 aliphatic heterocycles. The van der Waals surface area contributed by atoms with Gasteiger partial charge in [0, 0.05) is 52.4 Å². The van der Waals surface area contributed by atoms with E-state index in [0.29, 0.717) is 18.6 Å². The number of ether oxygens (including phenoxy) is 1. The number of hydrogen-bond donors (Lipinski definition) is 1. The van der Waals surface area contributed by atoms with Crippen molar-refractivity contribution in [3.05, 3.63) is 23.9 Å². The molecule has 13 nitrogen and oxygen atoms in total. The SMILES string of the molecule is CCOC(=O)c1cnc(N2CCN(C)CC2)o1.CN1CCN(c2ncc(C(=O)O)o2)CC1.[Na+].[OH-]. The smallest absolute Gasteiger partial charge is 0.870 e. The van der Waals surface area contributed by atoms with E-state index >= 15 is 0 Å². The minimum atomic E-state index is -1.08. The van der Waals surface area contributed by atoms with Crippen molar-refractivity contribution < 1.29 is 63.3 Å². The van der Waals surface area contributed by atoms with Crippen LogP contribution in [0.15, 0.2) is 21.2 Å². The number of oxazole rings is 2. The number of piperazine rings is 2. The van der Waals surface area contributed by atoms with Gasteiger partial charge in [-0.1, -0.05) is 0 Å². The molecule has 2 aromatic heterocycles. The molecule has 14 heteroatoms. The minimum Gasteiger partial charge on any atom is -0.870 e. The van der Waals surface area contributed by atoms with Gasteiger partial charge >= 0.3 is 41.5 Å². The van der Waals surface area contributed by atoms with Crippen molar-refractivity contribution in [1.29, 1.82) is 0 Å². The molecule has 2 aromatic rings. The Kier molecular flexibility index (Phi) is 12.6. The van der Waals surface area contributed by atoms with E-state index in [2.05, 4.69) is 33.9 Å². The van der Waals surface area contributed by atoms with Crippen LogP contribution < -0.4 is 39.4 Å². The average molecular weight is 490 g/mol. The average Bonchev–Trinajstić information content (AvgIpc) is 3.46. The Morgan fingerprint density at radius 2 is 1.29 bits per heavy atom. The van der Waals surface area contributed by atoms with Gasteiger partial charge in [0.25, 0.3) is 12.0 Å². The molecule has 0 aromatic carbocycles. The second-order valence-electron chi connectivity index (χ2n) is 7.62. The van der Waals surface area contributed by atoms with Crippen LogP contribution in [0.5, 0.6) is 0 Å². The van der Waals surface area contributed by atoms with Crippen molar-refractivity contribution in [1.82, 2.24) is 19.8 Å². The molecule has 0 radical (unpaired) electrons. The van der Waals surface area contributed by atoms with E-state index in [1.165, 1.54) is 12.4 Å². The molecular formula is C20H31N6NaO7. The standard InChI is InChI=1S/C11H17N3O3.C9H13N3O3.Na.H2O/c1-3-16-10(15)9-8-12-11(17-9)14-6-4-13(2)5-7-14;1-11-2-4-12(5-3-11)9-10-6-7(15-9)8(13)14;;/h8H,3-7H2,1-2H3;6H,2-5H2,1H3,(H,13,14);;1H2/q;;+1;/p-1. The quantitative estimate of drug-likeness (QED) is 0.348. The zero-order chi connectivity index (χ0) is 23.1. The van der Waals surface area contributed by atoms with Crippen LogP contribution in [0.25, 0.3) is 0 Å². The van der Waals surface area contributed by atoms with E-state index in [-0.39, 0.29) is 46.6 Å². The number of aromatic nitrogens is 2. The monoisotopic (exact) mass is 490 g/mol. The van der Waals surface area contributed by atoms with Gasteiger partial charge in [-0.25, -0.2) is 19.6 Å². The van der Waals surface area contributed by atoms with Crippen molar-refractivity contribution in [2.24, 2.45) is 0 Å². The van der Waals surface area contributed by atoms with Crippen LogP contribution in [0.1, 0.15) is 28.0 Å². The third kappa shape index (κ3) is 8.25. The number of aromatic carboxylic acids is 1. The van der Waals surface area contributed by atoms with Crippen LogP contribution in [0, 0.1) is 0 Å². The summed E-state index contributed by atoms with van der Waals surface area (Å²) in [5.41, 5.74) is 0. The maximum atomic E-state index is 11.4. The predicted molar refractivity (Wildman–Crippen MR) is 117 cm³/mol. The summed E-state index contributed by atoms with van der Waals surface area (Å²) < 4.78 is 15.4. The third-order valence-corrected chi connectivity index (χ3v) is 5.22. The van der Waals surface area contributed by atoms with Crippen molar-refractivity contribution in [3.63, 3.8) is 0 Å². The number of rotatable bonds is 5. The molecule has 2 aliphatic rings. The van der Waals surface area contributed by atoms with Gasteiger partial charge in [0.2, 0.25) is 11.5 Å². The number of carbonyl (C=O) groups excluding carboxylic acids is 1. The molecule has 0 saturated carbocycles. The summed E-state index contributed by atoms with van der Waals surface area (Å²) in [5, 5.41) is 8.68. The van der Waals surface area contributed by atoms with Gasteiger partial charge in [0.15, 0.2) is 0 Å². The predicted octanol–water partition coefficient (Wildman–Crippen LogP) is -2.45. The number of hydrogen-bond acceptors (Lipinski definition) is 12. The van der Waals surface area contributed by atoms with Gasteiger partial charge in [-0.2, -0.15) is 0 Å². The first kappa shape index (κ1) is 29.9. The van der Waals surface area contributed by atoms with Crippen molar-refractivity contribution in [2.75, 3.05) is 82.9 Å². The Bertz CT molecular complexity index is 892. The molecule has 0 aliphatic carbocycles. The van der Waals surface area contributed by atoms with Crippen LogP contribution in [0.3, 0.4) is 0 Å². The fourth-order valence-corrected chi connectivity index (χ4v) is 3.21. The largest absolute Gasteiger partial charge is 1.00 e. The van der Waals surface area contributed by atoms with E-state index in [1.807, 2.05) is 9.80 Å². The van der Waals surface area contributed by atoms with E-state index < -0.39 is 11.9 Å². The molecule has 0 bridgehead atoms. The fourth-order valence-electron chi connectivity index (χ4n) is 3.21. The van der Waals surface area contributed by atoms with Gasteiger partial charge < -0.3 is 43.8 Å². The Balaban J connectivity index is 0.000000323. The summed E-state index contributed by atoms with van der Waals surface area (Å²) in [6.45, 7) is 9.26. The summed E-state index contributed by atoms with van der Waals surface area (Å²) in [4.78, 5) is 38.5. The number of carbonyl (C=O) groups is 2. The van der Waals surface area contributed by atoms with Crippen molar-refractivity contribution >= 4 is 24.0 Å². The van der Waals surface area contributed by atoms with Crippen LogP contribution in [-0.4, -0.2) is 115 Å². The van der Waals surface area contributed by atoms with E-state index in [4.69, 9.17) is 18.7 Å². The Labute approximate surface area is 220 Å². The zero-order valence-electron chi connectivity index (χ0n) is 20.1. The number of anilines is 2. The summed E-state index contributed by atoms with van der Waals surface area (Å²) in [6.07, 6.45) is 2.67.